The number of nitrogens with one attached hydrogen (secondary N) is 2. The van der Waals surface area contributed by atoms with Crippen LogP contribution in [0, 0.1) is 13.8 Å². The van der Waals surface area contributed by atoms with E-state index in [0.29, 0.717) is 24.7 Å². The highest BCUT2D eigenvalue weighted by atomic mass is 16.6. The molecule has 27 heavy (non-hydrogen) atoms. The maximum atomic E-state index is 12.4. The van der Waals surface area contributed by atoms with E-state index >= 15 is 0 Å². The zero-order valence-corrected chi connectivity index (χ0v) is 16.7. The normalized spacial score (nSPS) is 17.7. The number of hydrogen-bond acceptors (Lipinski definition) is 6. The first-order valence-corrected chi connectivity index (χ1v) is 9.32. The van der Waals surface area contributed by atoms with Crippen molar-refractivity contribution in [2.24, 2.45) is 0 Å². The van der Waals surface area contributed by atoms with E-state index in [1.54, 1.807) is 4.90 Å². The van der Waals surface area contributed by atoms with Gasteiger partial charge >= 0.3 is 6.09 Å². The summed E-state index contributed by atoms with van der Waals surface area (Å²) in [7, 11) is 0. The Morgan fingerprint density at radius 1 is 1.26 bits per heavy atom. The van der Waals surface area contributed by atoms with Crippen LogP contribution < -0.4 is 5.32 Å². The molecule has 2 aromatic heterocycles. The number of amides is 1. The van der Waals surface area contributed by atoms with Crippen molar-refractivity contribution in [2.75, 3.05) is 18.4 Å². The van der Waals surface area contributed by atoms with Gasteiger partial charge in [0.15, 0.2) is 5.82 Å². The fourth-order valence-corrected chi connectivity index (χ4v) is 3.19. The van der Waals surface area contributed by atoms with Crippen molar-refractivity contribution in [2.45, 2.75) is 59.0 Å². The Bertz CT molecular complexity index is 811. The summed E-state index contributed by atoms with van der Waals surface area (Å²) in [6.07, 6.45) is 1.65. The van der Waals surface area contributed by atoms with Gasteiger partial charge < -0.3 is 15.0 Å². The number of piperidine rings is 1. The van der Waals surface area contributed by atoms with Crippen LogP contribution in [-0.2, 0) is 4.74 Å². The Kier molecular flexibility index (Phi) is 5.34. The number of hydrogen-bond donors (Lipinski definition) is 2. The molecule has 0 saturated carbocycles. The molecule has 1 fully saturated rings. The fraction of sp³-hybridized carbons (Fsp3) is 0.579. The standard InChI is InChI=1S/C19H28N6O2/c1-12-9-17(24-23-12)22-16-10-15(20-13(2)21-16)14-7-6-8-25(11-14)18(26)27-19(3,4)5/h9-10,14H,6-8,11H2,1-5H3,(H2,20,21,22,23,24)/t14-/m1/s1. The van der Waals surface area contributed by atoms with Crippen molar-refractivity contribution in [3.8, 4) is 0 Å². The molecule has 2 aromatic rings. The van der Waals surface area contributed by atoms with E-state index in [1.807, 2.05) is 46.8 Å². The average molecular weight is 372 g/mol. The second-order valence-electron chi connectivity index (χ2n) is 8.05. The number of nitrogens with zero attached hydrogens (tertiary/aromatic N) is 4. The molecule has 1 aliphatic heterocycles. The van der Waals surface area contributed by atoms with E-state index in [0.717, 1.165) is 30.0 Å². The third-order valence-corrected chi connectivity index (χ3v) is 4.31. The van der Waals surface area contributed by atoms with Gasteiger partial charge in [-0.05, 0) is 47.5 Å². The van der Waals surface area contributed by atoms with Crippen LogP contribution in [0.2, 0.25) is 0 Å². The molecule has 0 radical (unpaired) electrons. The van der Waals surface area contributed by atoms with E-state index in [2.05, 4.69) is 25.5 Å². The molecule has 8 nitrogen and oxygen atoms in total. The molecule has 1 aliphatic rings. The Balaban J connectivity index is 1.74. The van der Waals surface area contributed by atoms with Crippen LogP contribution in [0.15, 0.2) is 12.1 Å². The summed E-state index contributed by atoms with van der Waals surface area (Å²) in [6, 6.07) is 3.86. The molecule has 1 atom stereocenters. The Morgan fingerprint density at radius 3 is 2.70 bits per heavy atom. The number of ether oxygens (including phenoxy) is 1. The zero-order valence-electron chi connectivity index (χ0n) is 16.7. The predicted octanol–water partition coefficient (Wildman–Crippen LogP) is 3.67. The molecule has 0 aliphatic carbocycles. The van der Waals surface area contributed by atoms with Crippen LogP contribution >= 0.6 is 0 Å². The third kappa shape index (κ3) is 5.18. The second kappa shape index (κ2) is 7.54. The quantitative estimate of drug-likeness (QED) is 0.853. The molecule has 0 unspecified atom stereocenters. The molecule has 1 amide bonds. The second-order valence-corrected chi connectivity index (χ2v) is 8.05. The first-order chi connectivity index (χ1) is 12.7. The minimum Gasteiger partial charge on any atom is -0.444 e. The van der Waals surface area contributed by atoms with E-state index < -0.39 is 5.60 Å². The lowest BCUT2D eigenvalue weighted by Gasteiger charge is -2.34. The van der Waals surface area contributed by atoms with Crippen LogP contribution in [0.5, 0.6) is 0 Å². The molecule has 0 spiro atoms. The van der Waals surface area contributed by atoms with Gasteiger partial charge in [0, 0.05) is 36.8 Å². The topological polar surface area (TPSA) is 96.0 Å². The molecule has 2 N–H and O–H groups in total. The monoisotopic (exact) mass is 372 g/mol. The first kappa shape index (κ1) is 19.1. The molecular formula is C19H28N6O2. The zero-order chi connectivity index (χ0) is 19.6. The number of carbonyl (C=O) groups is 1. The van der Waals surface area contributed by atoms with Gasteiger partial charge in [-0.25, -0.2) is 14.8 Å². The number of rotatable bonds is 3. The number of carbonyl (C=O) groups excluding carboxylic acids is 1. The Hall–Kier alpha value is -2.64. The summed E-state index contributed by atoms with van der Waals surface area (Å²) < 4.78 is 5.52. The van der Waals surface area contributed by atoms with E-state index in [1.165, 1.54) is 0 Å². The molecular weight excluding hydrogens is 344 g/mol. The van der Waals surface area contributed by atoms with Gasteiger partial charge in [0.05, 0.1) is 5.69 Å². The number of H-pyrrole nitrogens is 1. The van der Waals surface area contributed by atoms with Crippen LogP contribution in [0.25, 0.3) is 0 Å². The SMILES string of the molecule is Cc1nc(Nc2cc(C)[nH]n2)cc([C@@H]2CCCN(C(=O)OC(C)(C)C)C2)n1. The molecule has 8 heteroatoms. The van der Waals surface area contributed by atoms with Gasteiger partial charge in [-0.3, -0.25) is 5.10 Å². The summed E-state index contributed by atoms with van der Waals surface area (Å²) in [4.78, 5) is 23.3. The van der Waals surface area contributed by atoms with E-state index in [4.69, 9.17) is 4.74 Å². The molecule has 146 valence electrons. The molecule has 0 bridgehead atoms. The number of aromatic amines is 1. The van der Waals surface area contributed by atoms with Crippen molar-refractivity contribution in [1.29, 1.82) is 0 Å². The van der Waals surface area contributed by atoms with Gasteiger partial charge in [-0.15, -0.1) is 0 Å². The molecule has 3 rings (SSSR count). The Morgan fingerprint density at radius 2 is 2.04 bits per heavy atom. The number of aryl methyl sites for hydroxylation is 2. The van der Waals surface area contributed by atoms with E-state index in [9.17, 15) is 4.79 Å². The minimum absolute atomic E-state index is 0.162. The summed E-state index contributed by atoms with van der Waals surface area (Å²) in [5.41, 5.74) is 1.42. The number of aromatic nitrogens is 4. The summed E-state index contributed by atoms with van der Waals surface area (Å²) in [5.74, 6) is 2.28. The van der Waals surface area contributed by atoms with Gasteiger partial charge in [0.25, 0.3) is 0 Å². The largest absolute Gasteiger partial charge is 0.444 e. The fourth-order valence-electron chi connectivity index (χ4n) is 3.19. The van der Waals surface area contributed by atoms with Crippen LogP contribution in [0.3, 0.4) is 0 Å². The van der Waals surface area contributed by atoms with Crippen LogP contribution in [0.1, 0.15) is 56.7 Å². The number of likely N-dealkylation sites (tertiary alicyclic amines) is 1. The maximum Gasteiger partial charge on any atom is 0.410 e. The average Bonchev–Trinajstić information content (AvgIpc) is 2.98. The van der Waals surface area contributed by atoms with Crippen LogP contribution in [-0.4, -0.2) is 49.8 Å². The first-order valence-electron chi connectivity index (χ1n) is 9.32. The summed E-state index contributed by atoms with van der Waals surface area (Å²) in [6.45, 7) is 10.8. The lowest BCUT2D eigenvalue weighted by molar-refractivity contribution is 0.0197. The highest BCUT2D eigenvalue weighted by Crippen LogP contribution is 2.28. The lowest BCUT2D eigenvalue weighted by atomic mass is 9.94. The van der Waals surface area contributed by atoms with Gasteiger partial charge in [-0.2, -0.15) is 5.10 Å². The van der Waals surface area contributed by atoms with Gasteiger partial charge in [0.2, 0.25) is 0 Å². The third-order valence-electron chi connectivity index (χ3n) is 4.31. The smallest absolute Gasteiger partial charge is 0.410 e. The summed E-state index contributed by atoms with van der Waals surface area (Å²) in [5, 5.41) is 10.3. The van der Waals surface area contributed by atoms with Crippen molar-refractivity contribution in [3.63, 3.8) is 0 Å². The van der Waals surface area contributed by atoms with Crippen molar-refractivity contribution in [1.82, 2.24) is 25.1 Å². The van der Waals surface area contributed by atoms with Crippen molar-refractivity contribution in [3.05, 3.63) is 29.3 Å². The molecule has 0 aromatic carbocycles. The lowest BCUT2D eigenvalue weighted by Crippen LogP contribution is -2.42. The van der Waals surface area contributed by atoms with Crippen molar-refractivity contribution >= 4 is 17.7 Å². The number of anilines is 2. The van der Waals surface area contributed by atoms with Gasteiger partial charge in [-0.1, -0.05) is 0 Å². The van der Waals surface area contributed by atoms with E-state index in [-0.39, 0.29) is 12.0 Å². The predicted molar refractivity (Wildman–Crippen MR) is 103 cm³/mol. The highest BCUT2D eigenvalue weighted by Gasteiger charge is 2.29. The molecule has 1 saturated heterocycles. The van der Waals surface area contributed by atoms with Crippen molar-refractivity contribution < 1.29 is 9.53 Å². The Labute approximate surface area is 159 Å². The molecule has 3 heterocycles. The van der Waals surface area contributed by atoms with Gasteiger partial charge in [0.1, 0.15) is 17.2 Å². The maximum absolute atomic E-state index is 12.4. The summed E-state index contributed by atoms with van der Waals surface area (Å²) >= 11 is 0. The highest BCUT2D eigenvalue weighted by molar-refractivity contribution is 5.68. The minimum atomic E-state index is -0.492. The van der Waals surface area contributed by atoms with Crippen LogP contribution in [0.4, 0.5) is 16.4 Å².